The molecular formula is C24H48N2O. The Labute approximate surface area is 170 Å². The van der Waals surface area contributed by atoms with Gasteiger partial charge in [0.25, 0.3) is 0 Å². The minimum atomic E-state index is 0.292. The lowest BCUT2D eigenvalue weighted by molar-refractivity contribution is 0.108. The highest BCUT2D eigenvalue weighted by Crippen LogP contribution is 2.20. The third-order valence-corrected chi connectivity index (χ3v) is 6.03. The molecule has 1 fully saturated rings. The van der Waals surface area contributed by atoms with Crippen molar-refractivity contribution < 1.29 is 5.11 Å². The maximum atomic E-state index is 9.24. The van der Waals surface area contributed by atoms with Gasteiger partial charge >= 0.3 is 0 Å². The van der Waals surface area contributed by atoms with Crippen LogP contribution >= 0.6 is 0 Å². The number of β-amino-alcohol motifs (C(OH)–C–C–N with tert-alkyl or cyclic N) is 1. The van der Waals surface area contributed by atoms with Crippen LogP contribution < -0.4 is 0 Å². The molecule has 1 saturated heterocycles. The zero-order chi connectivity index (χ0) is 19.6. The Hall–Kier alpha value is -0.380. The first-order valence-corrected chi connectivity index (χ1v) is 12.1. The van der Waals surface area contributed by atoms with Gasteiger partial charge in [0.2, 0.25) is 0 Å². The molecule has 0 aromatic heterocycles. The lowest BCUT2D eigenvalue weighted by atomic mass is 10.1. The van der Waals surface area contributed by atoms with Gasteiger partial charge in [-0.3, -0.25) is 9.80 Å². The van der Waals surface area contributed by atoms with E-state index in [2.05, 4.69) is 35.8 Å². The van der Waals surface area contributed by atoms with Gasteiger partial charge in [-0.05, 0) is 38.6 Å². The van der Waals surface area contributed by atoms with Crippen LogP contribution in [0.1, 0.15) is 104 Å². The minimum absolute atomic E-state index is 0.292. The van der Waals surface area contributed by atoms with Gasteiger partial charge in [0.15, 0.2) is 0 Å². The van der Waals surface area contributed by atoms with Gasteiger partial charge in [0.05, 0.1) is 12.8 Å². The van der Waals surface area contributed by atoms with E-state index in [0.29, 0.717) is 12.8 Å². The van der Waals surface area contributed by atoms with E-state index < -0.39 is 0 Å². The van der Waals surface area contributed by atoms with Crippen LogP contribution in [-0.2, 0) is 0 Å². The second-order valence-electron chi connectivity index (χ2n) is 8.24. The van der Waals surface area contributed by atoms with Crippen molar-refractivity contribution in [1.82, 2.24) is 9.80 Å². The summed E-state index contributed by atoms with van der Waals surface area (Å²) in [5.41, 5.74) is 0. The number of aliphatic hydroxyl groups excluding tert-OH is 1. The summed E-state index contributed by atoms with van der Waals surface area (Å²) in [5.74, 6) is 0. The minimum Gasteiger partial charge on any atom is -0.395 e. The Morgan fingerprint density at radius 2 is 1.30 bits per heavy atom. The number of allylic oxidation sites excluding steroid dienone is 2. The van der Waals surface area contributed by atoms with E-state index in [1.54, 1.807) is 0 Å². The fourth-order valence-electron chi connectivity index (χ4n) is 4.31. The summed E-state index contributed by atoms with van der Waals surface area (Å²) < 4.78 is 0. The number of hydrogen-bond acceptors (Lipinski definition) is 3. The van der Waals surface area contributed by atoms with Crippen LogP contribution in [-0.4, -0.2) is 53.9 Å². The zero-order valence-corrected chi connectivity index (χ0v) is 18.5. The second-order valence-corrected chi connectivity index (χ2v) is 8.24. The van der Waals surface area contributed by atoms with Crippen molar-refractivity contribution in [3.05, 3.63) is 12.2 Å². The first-order chi connectivity index (χ1) is 13.3. The maximum absolute atomic E-state index is 9.24. The lowest BCUT2D eigenvalue weighted by Crippen LogP contribution is -2.39. The summed E-state index contributed by atoms with van der Waals surface area (Å²) in [7, 11) is 0. The maximum Gasteiger partial charge on any atom is 0.0624 e. The van der Waals surface area contributed by atoms with Crippen molar-refractivity contribution in [2.75, 3.05) is 32.8 Å². The third kappa shape index (κ3) is 11.9. The number of nitrogens with zero attached hydrogens (tertiary/aromatic N) is 2. The summed E-state index contributed by atoms with van der Waals surface area (Å²) >= 11 is 0. The Balaban J connectivity index is 1.91. The summed E-state index contributed by atoms with van der Waals surface area (Å²) in [6, 6.07) is 0. The summed E-state index contributed by atoms with van der Waals surface area (Å²) in [5, 5.41) is 9.24. The van der Waals surface area contributed by atoms with E-state index >= 15 is 0 Å². The molecule has 1 aliphatic rings. The van der Waals surface area contributed by atoms with Crippen molar-refractivity contribution in [2.45, 2.75) is 110 Å². The Morgan fingerprint density at radius 3 is 1.89 bits per heavy atom. The van der Waals surface area contributed by atoms with Crippen molar-refractivity contribution in [1.29, 1.82) is 0 Å². The first kappa shape index (κ1) is 24.7. The molecule has 1 rings (SSSR count). The van der Waals surface area contributed by atoms with Crippen LogP contribution in [0.25, 0.3) is 0 Å². The average Bonchev–Trinajstić information content (AvgIpc) is 3.07. The van der Waals surface area contributed by atoms with Crippen molar-refractivity contribution in [3.8, 4) is 0 Å². The summed E-state index contributed by atoms with van der Waals surface area (Å²) in [6.07, 6.45) is 24.4. The molecule has 27 heavy (non-hydrogen) atoms. The fourth-order valence-corrected chi connectivity index (χ4v) is 4.31. The van der Waals surface area contributed by atoms with Gasteiger partial charge in [-0.1, -0.05) is 83.8 Å². The van der Waals surface area contributed by atoms with Crippen molar-refractivity contribution in [3.63, 3.8) is 0 Å². The van der Waals surface area contributed by atoms with Crippen LogP contribution in [0.4, 0.5) is 0 Å². The van der Waals surface area contributed by atoms with E-state index in [9.17, 15) is 5.11 Å². The standard InChI is InChI=1S/C24H48N2O/c1-3-5-6-7-8-9-10-11-12-13-14-15-16-17-18-19-24-25(4-2)20-21-26(24)22-23-27/h11-12,24,27H,3-10,13-23H2,1-2H3/b12-11+. The smallest absolute Gasteiger partial charge is 0.0624 e. The molecular weight excluding hydrogens is 332 g/mol. The average molecular weight is 381 g/mol. The van der Waals surface area contributed by atoms with Crippen LogP contribution in [0.15, 0.2) is 12.2 Å². The van der Waals surface area contributed by atoms with Crippen molar-refractivity contribution in [2.24, 2.45) is 0 Å². The van der Waals surface area contributed by atoms with Crippen LogP contribution in [0.3, 0.4) is 0 Å². The molecule has 0 bridgehead atoms. The summed E-state index contributed by atoms with van der Waals surface area (Å²) in [4.78, 5) is 5.04. The molecule has 0 aromatic carbocycles. The lowest BCUT2D eigenvalue weighted by Gasteiger charge is -2.29. The molecule has 1 heterocycles. The highest BCUT2D eigenvalue weighted by molar-refractivity contribution is 4.82. The molecule has 3 nitrogen and oxygen atoms in total. The molecule has 160 valence electrons. The highest BCUT2D eigenvalue weighted by Gasteiger charge is 2.29. The van der Waals surface area contributed by atoms with Crippen LogP contribution in [0, 0.1) is 0 Å². The molecule has 0 spiro atoms. The SMILES string of the molecule is CCCCCCCC/C=C/CCCCCCCC1N(CC)CCN1CCO. The van der Waals surface area contributed by atoms with E-state index in [-0.39, 0.29) is 0 Å². The van der Waals surface area contributed by atoms with Gasteiger partial charge in [-0.25, -0.2) is 0 Å². The Bertz CT molecular complexity index is 345. The van der Waals surface area contributed by atoms with E-state index in [1.807, 2.05) is 0 Å². The fraction of sp³-hybridized carbons (Fsp3) is 0.917. The van der Waals surface area contributed by atoms with Gasteiger partial charge < -0.3 is 5.11 Å². The number of hydrogen-bond donors (Lipinski definition) is 1. The number of unbranched alkanes of at least 4 members (excludes halogenated alkanes) is 11. The number of aliphatic hydroxyl groups is 1. The molecule has 1 aliphatic heterocycles. The molecule has 0 amide bonds. The molecule has 0 aliphatic carbocycles. The molecule has 0 aromatic rings. The predicted molar refractivity (Wildman–Crippen MR) is 119 cm³/mol. The summed E-state index contributed by atoms with van der Waals surface area (Å²) in [6.45, 7) is 9.11. The molecule has 3 heteroatoms. The van der Waals surface area contributed by atoms with Crippen LogP contribution in [0.5, 0.6) is 0 Å². The number of rotatable bonds is 18. The van der Waals surface area contributed by atoms with E-state index in [0.717, 1.165) is 19.6 Å². The zero-order valence-electron chi connectivity index (χ0n) is 18.5. The normalized spacial score (nSPS) is 18.9. The highest BCUT2D eigenvalue weighted by atomic mass is 16.3. The van der Waals surface area contributed by atoms with Gasteiger partial charge in [0.1, 0.15) is 0 Å². The first-order valence-electron chi connectivity index (χ1n) is 12.1. The molecule has 0 saturated carbocycles. The second kappa shape index (κ2) is 17.7. The van der Waals surface area contributed by atoms with Gasteiger partial charge in [-0.2, -0.15) is 0 Å². The monoisotopic (exact) mass is 380 g/mol. The topological polar surface area (TPSA) is 26.7 Å². The number of likely N-dealkylation sites (N-methyl/N-ethyl adjacent to an activating group) is 1. The molecule has 1 N–H and O–H groups in total. The quantitative estimate of drug-likeness (QED) is 0.234. The van der Waals surface area contributed by atoms with Gasteiger partial charge in [-0.15, -0.1) is 0 Å². The largest absolute Gasteiger partial charge is 0.395 e. The molecule has 0 radical (unpaired) electrons. The van der Waals surface area contributed by atoms with Crippen LogP contribution in [0.2, 0.25) is 0 Å². The predicted octanol–water partition coefficient (Wildman–Crippen LogP) is 5.98. The van der Waals surface area contributed by atoms with Gasteiger partial charge in [0, 0.05) is 19.6 Å². The molecule has 1 atom stereocenters. The molecule has 1 unspecified atom stereocenters. The van der Waals surface area contributed by atoms with Crippen molar-refractivity contribution >= 4 is 0 Å². The van der Waals surface area contributed by atoms with E-state index in [1.165, 1.54) is 96.4 Å². The Morgan fingerprint density at radius 1 is 0.741 bits per heavy atom. The van der Waals surface area contributed by atoms with E-state index in [4.69, 9.17) is 0 Å². The Kier molecular flexibility index (Phi) is 16.2. The third-order valence-electron chi connectivity index (χ3n) is 6.03.